The van der Waals surface area contributed by atoms with Gasteiger partial charge in [0.2, 0.25) is 21.8 Å². The molecule has 0 aliphatic rings. The van der Waals surface area contributed by atoms with Gasteiger partial charge in [0.1, 0.15) is 18.3 Å². The number of likely N-dealkylation sites (N-methyl/N-ethyl adjacent to an activating group) is 1. The fraction of sp³-hybridized carbons (Fsp3) is 0.391. The molecule has 2 aromatic carbocycles. The highest BCUT2D eigenvalue weighted by atomic mass is 32.2. The van der Waals surface area contributed by atoms with Gasteiger partial charge in [0.05, 0.1) is 19.1 Å². The zero-order valence-electron chi connectivity index (χ0n) is 19.2. The van der Waals surface area contributed by atoms with E-state index in [0.29, 0.717) is 12.2 Å². The lowest BCUT2D eigenvalue weighted by atomic mass is 10.1. The number of rotatable bonds is 10. The van der Waals surface area contributed by atoms with Crippen LogP contribution in [0.2, 0.25) is 0 Å². The van der Waals surface area contributed by atoms with Crippen molar-refractivity contribution in [1.29, 1.82) is 0 Å². The third kappa shape index (κ3) is 6.23. The van der Waals surface area contributed by atoms with Gasteiger partial charge in [-0.2, -0.15) is 0 Å². The maximum atomic E-state index is 13.5. The molecule has 0 aromatic heterocycles. The van der Waals surface area contributed by atoms with Crippen LogP contribution in [0.4, 0.5) is 5.69 Å². The number of ether oxygens (including phenoxy) is 1. The van der Waals surface area contributed by atoms with E-state index >= 15 is 0 Å². The minimum Gasteiger partial charge on any atom is -0.495 e. The Bertz CT molecular complexity index is 1040. The predicted molar refractivity (Wildman–Crippen MR) is 125 cm³/mol. The summed E-state index contributed by atoms with van der Waals surface area (Å²) in [6.45, 7) is 3.49. The Kier molecular flexibility index (Phi) is 8.65. The molecule has 2 amide bonds. The van der Waals surface area contributed by atoms with Crippen molar-refractivity contribution in [2.45, 2.75) is 32.9 Å². The van der Waals surface area contributed by atoms with Gasteiger partial charge in [-0.15, -0.1) is 0 Å². The first-order valence-corrected chi connectivity index (χ1v) is 12.1. The molecule has 1 atom stereocenters. The van der Waals surface area contributed by atoms with Crippen LogP contribution in [-0.4, -0.2) is 58.1 Å². The van der Waals surface area contributed by atoms with Crippen molar-refractivity contribution < 1.29 is 22.7 Å². The number of amides is 2. The summed E-state index contributed by atoms with van der Waals surface area (Å²) < 4.78 is 31.5. The molecule has 2 rings (SSSR count). The number of benzene rings is 2. The summed E-state index contributed by atoms with van der Waals surface area (Å²) in [5.41, 5.74) is 2.17. The summed E-state index contributed by atoms with van der Waals surface area (Å²) in [6, 6.07) is 13.5. The van der Waals surface area contributed by atoms with E-state index in [2.05, 4.69) is 5.32 Å². The van der Waals surface area contributed by atoms with E-state index in [1.165, 1.54) is 19.1 Å². The highest BCUT2D eigenvalue weighted by Gasteiger charge is 2.32. The molecule has 32 heavy (non-hydrogen) atoms. The first kappa shape index (κ1) is 25.2. The minimum absolute atomic E-state index is 0.175. The molecule has 0 radical (unpaired) electrons. The van der Waals surface area contributed by atoms with E-state index in [4.69, 9.17) is 4.74 Å². The Balaban J connectivity index is 2.45. The number of carbonyl (C=O) groups excluding carboxylic acids is 2. The number of carbonyl (C=O) groups is 2. The molecule has 0 heterocycles. The average molecular weight is 462 g/mol. The largest absolute Gasteiger partial charge is 0.495 e. The molecule has 0 saturated heterocycles. The summed E-state index contributed by atoms with van der Waals surface area (Å²) in [5.74, 6) is -0.470. The van der Waals surface area contributed by atoms with E-state index in [-0.39, 0.29) is 18.1 Å². The lowest BCUT2D eigenvalue weighted by Crippen LogP contribution is -2.51. The molecule has 0 aliphatic heterocycles. The molecule has 174 valence electrons. The van der Waals surface area contributed by atoms with Crippen LogP contribution in [0.5, 0.6) is 5.75 Å². The Labute approximate surface area is 190 Å². The van der Waals surface area contributed by atoms with Crippen LogP contribution in [0, 0.1) is 6.92 Å². The number of sulfonamides is 1. The van der Waals surface area contributed by atoms with E-state index in [1.54, 1.807) is 24.3 Å². The maximum Gasteiger partial charge on any atom is 0.244 e. The molecule has 8 nitrogen and oxygen atoms in total. The Morgan fingerprint density at radius 3 is 2.25 bits per heavy atom. The number of hydrogen-bond donors (Lipinski definition) is 1. The van der Waals surface area contributed by atoms with Crippen molar-refractivity contribution >= 4 is 27.5 Å². The van der Waals surface area contributed by atoms with Gasteiger partial charge in [-0.3, -0.25) is 13.9 Å². The van der Waals surface area contributed by atoms with Crippen LogP contribution in [0.25, 0.3) is 0 Å². The Hall–Kier alpha value is -3.07. The first-order chi connectivity index (χ1) is 15.1. The van der Waals surface area contributed by atoms with Gasteiger partial charge in [-0.1, -0.05) is 48.9 Å². The van der Waals surface area contributed by atoms with Gasteiger partial charge >= 0.3 is 0 Å². The first-order valence-electron chi connectivity index (χ1n) is 10.3. The highest BCUT2D eigenvalue weighted by Crippen LogP contribution is 2.29. The zero-order chi connectivity index (χ0) is 23.9. The molecule has 0 unspecified atom stereocenters. The fourth-order valence-electron chi connectivity index (χ4n) is 3.41. The van der Waals surface area contributed by atoms with Crippen molar-refractivity contribution in [2.24, 2.45) is 0 Å². The second-order valence-electron chi connectivity index (χ2n) is 7.49. The number of methoxy groups -OCH3 is 1. The molecule has 0 aliphatic carbocycles. The lowest BCUT2D eigenvalue weighted by molar-refractivity contribution is -0.140. The molecule has 0 spiro atoms. The SMILES string of the molecule is CC[C@@H](C(=O)NC)N(Cc1ccc(C)cc1)C(=O)CN(c1ccccc1OC)S(C)(=O)=O. The van der Waals surface area contributed by atoms with E-state index in [1.807, 2.05) is 38.1 Å². The maximum absolute atomic E-state index is 13.5. The summed E-state index contributed by atoms with van der Waals surface area (Å²) in [6.07, 6.45) is 1.41. The molecular weight excluding hydrogens is 430 g/mol. The minimum atomic E-state index is -3.81. The predicted octanol–water partition coefficient (Wildman–Crippen LogP) is 2.32. The molecule has 1 N–H and O–H groups in total. The number of aryl methyl sites for hydroxylation is 1. The molecular formula is C23H31N3O5S. The zero-order valence-corrected chi connectivity index (χ0v) is 20.0. The van der Waals surface area contributed by atoms with Crippen LogP contribution in [0.3, 0.4) is 0 Å². The molecule has 2 aromatic rings. The van der Waals surface area contributed by atoms with Crippen LogP contribution < -0.4 is 14.4 Å². The number of hydrogen-bond acceptors (Lipinski definition) is 5. The summed E-state index contributed by atoms with van der Waals surface area (Å²) in [7, 11) is -0.865. The van der Waals surface area contributed by atoms with Gasteiger partial charge in [0, 0.05) is 13.6 Å². The second kappa shape index (κ2) is 11.0. The van der Waals surface area contributed by atoms with Crippen LogP contribution in [-0.2, 0) is 26.2 Å². The number of nitrogens with zero attached hydrogens (tertiary/aromatic N) is 2. The normalized spacial score (nSPS) is 12.0. The standard InChI is InChI=1S/C23H31N3O5S/c1-6-19(23(28)24-3)25(15-18-13-11-17(2)12-14-18)22(27)16-26(32(5,29)30)20-9-7-8-10-21(20)31-4/h7-14,19H,6,15-16H2,1-5H3,(H,24,28)/t19-/m0/s1. The van der Waals surface area contributed by atoms with Crippen molar-refractivity contribution in [3.63, 3.8) is 0 Å². The molecule has 0 bridgehead atoms. The van der Waals surface area contributed by atoms with Gasteiger partial charge < -0.3 is 15.0 Å². The van der Waals surface area contributed by atoms with E-state index < -0.39 is 28.5 Å². The highest BCUT2D eigenvalue weighted by molar-refractivity contribution is 7.92. The number of anilines is 1. The second-order valence-corrected chi connectivity index (χ2v) is 9.39. The smallest absolute Gasteiger partial charge is 0.244 e. The van der Waals surface area contributed by atoms with Gasteiger partial charge in [-0.25, -0.2) is 8.42 Å². The third-order valence-electron chi connectivity index (χ3n) is 5.14. The number of nitrogens with one attached hydrogen (secondary N) is 1. The summed E-state index contributed by atoms with van der Waals surface area (Å²) in [4.78, 5) is 27.4. The monoisotopic (exact) mass is 461 g/mol. The average Bonchev–Trinajstić information content (AvgIpc) is 2.77. The Morgan fingerprint density at radius 2 is 1.72 bits per heavy atom. The van der Waals surface area contributed by atoms with E-state index in [9.17, 15) is 18.0 Å². The molecule has 9 heteroatoms. The molecule has 0 saturated carbocycles. The van der Waals surface area contributed by atoms with Gasteiger partial charge in [-0.05, 0) is 31.0 Å². The fourth-order valence-corrected chi connectivity index (χ4v) is 4.26. The van der Waals surface area contributed by atoms with Crippen molar-refractivity contribution in [3.05, 3.63) is 59.7 Å². The van der Waals surface area contributed by atoms with Crippen LogP contribution in [0.1, 0.15) is 24.5 Å². The lowest BCUT2D eigenvalue weighted by Gasteiger charge is -2.32. The van der Waals surface area contributed by atoms with E-state index in [0.717, 1.165) is 21.7 Å². The van der Waals surface area contributed by atoms with Crippen LogP contribution in [0.15, 0.2) is 48.5 Å². The Morgan fingerprint density at radius 1 is 1.09 bits per heavy atom. The summed E-state index contributed by atoms with van der Waals surface area (Å²) >= 11 is 0. The van der Waals surface area contributed by atoms with Crippen molar-refractivity contribution in [2.75, 3.05) is 31.3 Å². The van der Waals surface area contributed by atoms with Gasteiger partial charge in [0.15, 0.2) is 0 Å². The molecule has 0 fully saturated rings. The van der Waals surface area contributed by atoms with Crippen molar-refractivity contribution in [3.8, 4) is 5.75 Å². The quantitative estimate of drug-likeness (QED) is 0.586. The van der Waals surface area contributed by atoms with Gasteiger partial charge in [0.25, 0.3) is 0 Å². The summed E-state index contributed by atoms with van der Waals surface area (Å²) in [5, 5.41) is 2.60. The topological polar surface area (TPSA) is 96.0 Å². The third-order valence-corrected chi connectivity index (χ3v) is 6.27. The number of para-hydroxylation sites is 2. The van der Waals surface area contributed by atoms with Crippen LogP contribution >= 0.6 is 0 Å². The van der Waals surface area contributed by atoms with Crippen molar-refractivity contribution in [1.82, 2.24) is 10.2 Å².